The summed E-state index contributed by atoms with van der Waals surface area (Å²) >= 11 is 6.30. The van der Waals surface area contributed by atoms with Crippen molar-refractivity contribution in [2.45, 2.75) is 22.9 Å². The van der Waals surface area contributed by atoms with Crippen LogP contribution in [-0.2, 0) is 23.5 Å². The van der Waals surface area contributed by atoms with E-state index in [0.717, 1.165) is 11.1 Å². The number of sulfonamides is 1. The lowest BCUT2D eigenvalue weighted by atomic mass is 10.1. The number of nitrogens with one attached hydrogen (secondary N) is 1. The Morgan fingerprint density at radius 2 is 2.10 bits per heavy atom. The third-order valence-corrected chi connectivity index (χ3v) is 5.42. The van der Waals surface area contributed by atoms with E-state index in [1.165, 1.54) is 16.9 Å². The van der Waals surface area contributed by atoms with Gasteiger partial charge in [0.05, 0.1) is 17.6 Å². The zero-order valence-corrected chi connectivity index (χ0v) is 12.4. The zero-order chi connectivity index (χ0) is 14.3. The highest BCUT2D eigenvalue weighted by atomic mass is 35.5. The van der Waals surface area contributed by atoms with E-state index in [2.05, 4.69) is 9.82 Å². The fourth-order valence-electron chi connectivity index (χ4n) is 2.54. The number of benzene rings is 1. The summed E-state index contributed by atoms with van der Waals surface area (Å²) in [6.45, 7) is 0. The quantitative estimate of drug-likeness (QED) is 0.876. The highest BCUT2D eigenvalue weighted by Gasteiger charge is 2.34. The van der Waals surface area contributed by atoms with Crippen LogP contribution in [-0.4, -0.2) is 23.6 Å². The molecular weight excluding hydrogens is 298 g/mol. The summed E-state index contributed by atoms with van der Waals surface area (Å²) in [7, 11) is -2.05. The first kappa shape index (κ1) is 13.6. The molecule has 1 heterocycles. The molecule has 7 heteroatoms. The second-order valence-electron chi connectivity index (χ2n) is 4.81. The van der Waals surface area contributed by atoms with Crippen molar-refractivity contribution in [3.8, 4) is 0 Å². The highest BCUT2D eigenvalue weighted by molar-refractivity contribution is 7.89. The van der Waals surface area contributed by atoms with Gasteiger partial charge < -0.3 is 0 Å². The topological polar surface area (TPSA) is 64.0 Å². The van der Waals surface area contributed by atoms with Crippen molar-refractivity contribution >= 4 is 21.6 Å². The Morgan fingerprint density at radius 1 is 1.35 bits per heavy atom. The molecule has 1 aromatic heterocycles. The van der Waals surface area contributed by atoms with Crippen LogP contribution in [0.25, 0.3) is 0 Å². The van der Waals surface area contributed by atoms with Crippen LogP contribution in [0, 0.1) is 0 Å². The third kappa shape index (κ3) is 2.24. The molecule has 1 aliphatic carbocycles. The van der Waals surface area contributed by atoms with Crippen molar-refractivity contribution in [3.63, 3.8) is 0 Å². The van der Waals surface area contributed by atoms with Crippen molar-refractivity contribution < 1.29 is 8.42 Å². The maximum atomic E-state index is 12.4. The number of aromatic nitrogens is 2. The van der Waals surface area contributed by atoms with Gasteiger partial charge in [-0.3, -0.25) is 4.68 Å². The number of rotatable bonds is 3. The van der Waals surface area contributed by atoms with Crippen LogP contribution in [0.1, 0.15) is 17.2 Å². The molecule has 2 atom stereocenters. The average Bonchev–Trinajstić information content (AvgIpc) is 2.95. The molecule has 0 radical (unpaired) electrons. The fraction of sp³-hybridized carbons (Fsp3) is 0.308. The predicted octanol–water partition coefficient (Wildman–Crippen LogP) is 1.60. The Balaban J connectivity index is 1.94. The van der Waals surface area contributed by atoms with Gasteiger partial charge in [-0.05, 0) is 23.6 Å². The second kappa shape index (κ2) is 4.87. The zero-order valence-electron chi connectivity index (χ0n) is 10.8. The normalized spacial score (nSPS) is 21.9. The van der Waals surface area contributed by atoms with Gasteiger partial charge in [-0.25, -0.2) is 13.1 Å². The van der Waals surface area contributed by atoms with Gasteiger partial charge in [-0.2, -0.15) is 5.10 Å². The number of halogens is 1. The molecule has 2 aromatic rings. The van der Waals surface area contributed by atoms with Gasteiger partial charge in [0.15, 0.2) is 5.03 Å². The average molecular weight is 312 g/mol. The fourth-order valence-corrected chi connectivity index (χ4v) is 4.36. The SMILES string of the molecule is Cn1nccc1S(=O)(=O)NC1c2ccccc2CC1Cl. The van der Waals surface area contributed by atoms with E-state index in [1.807, 2.05) is 24.3 Å². The third-order valence-electron chi connectivity index (χ3n) is 3.50. The lowest BCUT2D eigenvalue weighted by Gasteiger charge is -2.17. The molecule has 0 fully saturated rings. The molecule has 3 rings (SSSR count). The summed E-state index contributed by atoms with van der Waals surface area (Å²) in [6, 6.07) is 8.76. The van der Waals surface area contributed by atoms with E-state index in [9.17, 15) is 8.42 Å². The van der Waals surface area contributed by atoms with Crippen LogP contribution >= 0.6 is 11.6 Å². The molecule has 1 N–H and O–H groups in total. The van der Waals surface area contributed by atoms with Crippen LogP contribution in [0.4, 0.5) is 0 Å². The molecule has 0 saturated carbocycles. The molecule has 0 spiro atoms. The Bertz CT molecular complexity index is 742. The van der Waals surface area contributed by atoms with Gasteiger partial charge in [-0.15, -0.1) is 11.6 Å². The van der Waals surface area contributed by atoms with Gasteiger partial charge >= 0.3 is 0 Å². The van der Waals surface area contributed by atoms with Crippen molar-refractivity contribution in [2.24, 2.45) is 7.05 Å². The van der Waals surface area contributed by atoms with Crippen LogP contribution in [0.5, 0.6) is 0 Å². The Morgan fingerprint density at radius 3 is 2.80 bits per heavy atom. The van der Waals surface area contributed by atoms with Gasteiger partial charge in [0.2, 0.25) is 0 Å². The molecule has 2 unspecified atom stereocenters. The Kier molecular flexibility index (Phi) is 3.32. The van der Waals surface area contributed by atoms with Gasteiger partial charge in [-0.1, -0.05) is 24.3 Å². The Labute approximate surface area is 122 Å². The second-order valence-corrected chi connectivity index (χ2v) is 7.03. The van der Waals surface area contributed by atoms with E-state index in [4.69, 9.17) is 11.6 Å². The molecular formula is C13H14ClN3O2S. The van der Waals surface area contributed by atoms with Gasteiger partial charge in [0, 0.05) is 7.05 Å². The predicted molar refractivity (Wildman–Crippen MR) is 76.1 cm³/mol. The molecule has 0 aliphatic heterocycles. The molecule has 1 aliphatic rings. The van der Waals surface area contributed by atoms with Crippen LogP contribution in [0.15, 0.2) is 41.6 Å². The number of fused-ring (bicyclic) bond motifs is 1. The van der Waals surface area contributed by atoms with Crippen LogP contribution in [0.3, 0.4) is 0 Å². The molecule has 106 valence electrons. The summed E-state index contributed by atoms with van der Waals surface area (Å²) in [6.07, 6.45) is 2.12. The first-order valence-corrected chi connectivity index (χ1v) is 8.13. The minimum atomic E-state index is -3.64. The number of hydrogen-bond acceptors (Lipinski definition) is 3. The molecule has 1 aromatic carbocycles. The van der Waals surface area contributed by atoms with Gasteiger partial charge in [0.25, 0.3) is 10.0 Å². The van der Waals surface area contributed by atoms with E-state index < -0.39 is 16.1 Å². The van der Waals surface area contributed by atoms with E-state index >= 15 is 0 Å². The van der Waals surface area contributed by atoms with Crippen molar-refractivity contribution in [3.05, 3.63) is 47.7 Å². The smallest absolute Gasteiger partial charge is 0.256 e. The maximum absolute atomic E-state index is 12.4. The summed E-state index contributed by atoms with van der Waals surface area (Å²) in [4.78, 5) is 0. The minimum absolute atomic E-state index is 0.130. The number of hydrogen-bond donors (Lipinski definition) is 1. The summed E-state index contributed by atoms with van der Waals surface area (Å²) < 4.78 is 28.8. The summed E-state index contributed by atoms with van der Waals surface area (Å²) in [5, 5.41) is 3.73. The Hall–Kier alpha value is -1.37. The standard InChI is InChI=1S/C13H14ClN3O2S/c1-17-12(6-7-15-17)20(18,19)16-13-10-5-3-2-4-9(10)8-11(13)14/h2-7,11,13,16H,8H2,1H3. The minimum Gasteiger partial charge on any atom is -0.256 e. The molecule has 20 heavy (non-hydrogen) atoms. The lowest BCUT2D eigenvalue weighted by molar-refractivity contribution is 0.541. The molecule has 0 amide bonds. The first-order chi connectivity index (χ1) is 9.49. The number of aryl methyl sites for hydroxylation is 1. The maximum Gasteiger partial charge on any atom is 0.258 e. The monoisotopic (exact) mass is 311 g/mol. The van der Waals surface area contributed by atoms with E-state index in [-0.39, 0.29) is 10.4 Å². The van der Waals surface area contributed by atoms with Crippen molar-refractivity contribution in [1.29, 1.82) is 0 Å². The van der Waals surface area contributed by atoms with Crippen molar-refractivity contribution in [2.75, 3.05) is 0 Å². The highest BCUT2D eigenvalue weighted by Crippen LogP contribution is 2.35. The first-order valence-electron chi connectivity index (χ1n) is 6.21. The largest absolute Gasteiger partial charge is 0.258 e. The van der Waals surface area contributed by atoms with Gasteiger partial charge in [0.1, 0.15) is 0 Å². The molecule has 0 saturated heterocycles. The summed E-state index contributed by atoms with van der Waals surface area (Å²) in [5.41, 5.74) is 2.03. The lowest BCUT2D eigenvalue weighted by Crippen LogP contribution is -2.33. The van der Waals surface area contributed by atoms with Crippen LogP contribution < -0.4 is 4.72 Å². The summed E-state index contributed by atoms with van der Waals surface area (Å²) in [5.74, 6) is 0. The molecule has 5 nitrogen and oxygen atoms in total. The number of nitrogens with zero attached hydrogens (tertiary/aromatic N) is 2. The van der Waals surface area contributed by atoms with Crippen molar-refractivity contribution in [1.82, 2.24) is 14.5 Å². The molecule has 0 bridgehead atoms. The van der Waals surface area contributed by atoms with Crippen LogP contribution in [0.2, 0.25) is 0 Å². The van der Waals surface area contributed by atoms with E-state index in [0.29, 0.717) is 6.42 Å². The number of alkyl halides is 1. The van der Waals surface area contributed by atoms with E-state index in [1.54, 1.807) is 7.05 Å².